The second-order valence-electron chi connectivity index (χ2n) is 3.05. The Bertz CT molecular complexity index is 622. The summed E-state index contributed by atoms with van der Waals surface area (Å²) >= 11 is 3.16. The summed E-state index contributed by atoms with van der Waals surface area (Å²) in [6, 6.07) is 1.11. The highest BCUT2D eigenvalue weighted by molar-refractivity contribution is 9.10. The summed E-state index contributed by atoms with van der Waals surface area (Å²) in [5.74, 6) is -1.92. The predicted molar refractivity (Wildman–Crippen MR) is 59.0 cm³/mol. The van der Waals surface area contributed by atoms with Crippen LogP contribution in [-0.2, 0) is 4.74 Å². The van der Waals surface area contributed by atoms with E-state index >= 15 is 0 Å². The lowest BCUT2D eigenvalue weighted by Gasteiger charge is -2.03. The van der Waals surface area contributed by atoms with Crippen molar-refractivity contribution in [3.63, 3.8) is 0 Å². The molecule has 2 aromatic rings. The molecule has 17 heavy (non-hydrogen) atoms. The molecule has 0 spiro atoms. The molecule has 0 unspecified atom stereocenters. The summed E-state index contributed by atoms with van der Waals surface area (Å²) in [7, 11) is 1.20. The van der Waals surface area contributed by atoms with Gasteiger partial charge in [-0.05, 0) is 15.9 Å². The second kappa shape index (κ2) is 4.13. The minimum Gasteiger partial charge on any atom is -0.477 e. The molecule has 88 valence electrons. The van der Waals surface area contributed by atoms with Gasteiger partial charge < -0.3 is 9.84 Å². The number of methoxy groups -OCH3 is 1. The summed E-state index contributed by atoms with van der Waals surface area (Å²) in [6.07, 6.45) is 1.42. The Morgan fingerprint density at radius 2 is 2.24 bits per heavy atom. The first-order chi connectivity index (χ1) is 8.04. The number of aromatic carboxylic acids is 1. The normalized spacial score (nSPS) is 10.5. The van der Waals surface area contributed by atoms with Crippen LogP contribution in [0.15, 0.2) is 16.7 Å². The number of halogens is 1. The van der Waals surface area contributed by atoms with Crippen LogP contribution in [0.3, 0.4) is 0 Å². The molecule has 2 heterocycles. The first kappa shape index (κ1) is 11.5. The fourth-order valence-corrected chi connectivity index (χ4v) is 1.64. The number of hydrogen-bond acceptors (Lipinski definition) is 5. The molecule has 0 amide bonds. The van der Waals surface area contributed by atoms with E-state index in [1.165, 1.54) is 17.8 Å². The van der Waals surface area contributed by atoms with Gasteiger partial charge >= 0.3 is 11.9 Å². The van der Waals surface area contributed by atoms with E-state index in [2.05, 4.69) is 30.7 Å². The smallest absolute Gasteiger partial charge is 0.356 e. The summed E-state index contributed by atoms with van der Waals surface area (Å²) in [5.41, 5.74) is -0.00926. The number of rotatable bonds is 2. The maximum atomic E-state index is 11.5. The largest absolute Gasteiger partial charge is 0.477 e. The molecule has 0 aliphatic carbocycles. The number of carboxylic acids is 1. The lowest BCUT2D eigenvalue weighted by molar-refractivity contribution is 0.0590. The number of carbonyl (C=O) groups is 2. The lowest BCUT2D eigenvalue weighted by atomic mass is 10.3. The van der Waals surface area contributed by atoms with Gasteiger partial charge in [-0.2, -0.15) is 5.10 Å². The number of carbonyl (C=O) groups excluding carboxylic acids is 1. The number of hydrogen-bond donors (Lipinski definition) is 1. The summed E-state index contributed by atoms with van der Waals surface area (Å²) in [4.78, 5) is 26.2. The molecule has 0 saturated heterocycles. The molecular formula is C9H6BrN3O4. The van der Waals surface area contributed by atoms with Crippen molar-refractivity contribution in [2.45, 2.75) is 0 Å². The zero-order valence-electron chi connectivity index (χ0n) is 8.55. The van der Waals surface area contributed by atoms with Gasteiger partial charge in [-0.15, -0.1) is 0 Å². The quantitative estimate of drug-likeness (QED) is 0.831. The Labute approximate surface area is 103 Å². The molecule has 0 radical (unpaired) electrons. The van der Waals surface area contributed by atoms with Gasteiger partial charge in [0.15, 0.2) is 17.0 Å². The number of fused-ring (bicyclic) bond motifs is 1. The third-order valence-corrected chi connectivity index (χ3v) is 2.60. The zero-order chi connectivity index (χ0) is 12.6. The van der Waals surface area contributed by atoms with Crippen LogP contribution in [0.25, 0.3) is 5.65 Å². The highest BCUT2D eigenvalue weighted by atomic mass is 79.9. The predicted octanol–water partition coefficient (Wildman–Crippen LogP) is 0.977. The average Bonchev–Trinajstić information content (AvgIpc) is 2.69. The Hall–Kier alpha value is -1.96. The van der Waals surface area contributed by atoms with Crippen LogP contribution < -0.4 is 0 Å². The molecule has 2 aromatic heterocycles. The molecule has 7 nitrogen and oxygen atoms in total. The van der Waals surface area contributed by atoms with E-state index in [9.17, 15) is 9.59 Å². The van der Waals surface area contributed by atoms with E-state index in [4.69, 9.17) is 5.11 Å². The number of nitrogens with zero attached hydrogens (tertiary/aromatic N) is 3. The average molecular weight is 300 g/mol. The van der Waals surface area contributed by atoms with Crippen molar-refractivity contribution in [3.8, 4) is 0 Å². The number of carboxylic acid groups (broad SMARTS) is 1. The molecule has 2 rings (SSSR count). The highest BCUT2D eigenvalue weighted by Gasteiger charge is 2.18. The minimum absolute atomic E-state index is 0.000556. The van der Waals surface area contributed by atoms with Crippen molar-refractivity contribution >= 4 is 33.5 Å². The van der Waals surface area contributed by atoms with Gasteiger partial charge in [0, 0.05) is 6.07 Å². The molecule has 0 aromatic carbocycles. The molecule has 0 bridgehead atoms. The summed E-state index contributed by atoms with van der Waals surface area (Å²) < 4.78 is 6.25. The van der Waals surface area contributed by atoms with Crippen LogP contribution >= 0.6 is 15.9 Å². The van der Waals surface area contributed by atoms with E-state index < -0.39 is 11.9 Å². The van der Waals surface area contributed by atoms with Crippen molar-refractivity contribution in [3.05, 3.63) is 28.1 Å². The van der Waals surface area contributed by atoms with E-state index in [0.29, 0.717) is 4.47 Å². The van der Waals surface area contributed by atoms with Crippen molar-refractivity contribution in [1.29, 1.82) is 0 Å². The summed E-state index contributed by atoms with van der Waals surface area (Å²) in [5, 5.41) is 12.8. The molecule has 0 fully saturated rings. The number of ether oxygens (including phenoxy) is 1. The third kappa shape index (κ3) is 1.86. The van der Waals surface area contributed by atoms with Gasteiger partial charge in [0.2, 0.25) is 0 Å². The Balaban J connectivity index is 2.79. The Kier molecular flexibility index (Phi) is 2.80. The molecule has 0 atom stereocenters. The molecule has 0 aliphatic heterocycles. The van der Waals surface area contributed by atoms with Gasteiger partial charge in [0.05, 0.1) is 17.8 Å². The fraction of sp³-hybridized carbons (Fsp3) is 0.111. The SMILES string of the molecule is COC(=O)c1cc(C(=O)O)nc2c(Br)cnn12. The monoisotopic (exact) mass is 299 g/mol. The standard InChI is InChI=1S/C9H6BrN3O4/c1-17-9(16)6-2-5(8(14)15)12-7-4(10)3-11-13(6)7/h2-3H,1H3,(H,14,15). The lowest BCUT2D eigenvalue weighted by Crippen LogP contribution is -2.13. The fourth-order valence-electron chi connectivity index (χ4n) is 1.30. The molecule has 8 heteroatoms. The molecule has 0 saturated carbocycles. The second-order valence-corrected chi connectivity index (χ2v) is 3.91. The van der Waals surface area contributed by atoms with Gasteiger partial charge in [0.25, 0.3) is 0 Å². The topological polar surface area (TPSA) is 93.8 Å². The van der Waals surface area contributed by atoms with Crippen molar-refractivity contribution < 1.29 is 19.4 Å². The van der Waals surface area contributed by atoms with Crippen molar-refractivity contribution in [2.24, 2.45) is 0 Å². The van der Waals surface area contributed by atoms with Crippen LogP contribution in [0, 0.1) is 0 Å². The van der Waals surface area contributed by atoms with Crippen LogP contribution in [0.4, 0.5) is 0 Å². The highest BCUT2D eigenvalue weighted by Crippen LogP contribution is 2.18. The van der Waals surface area contributed by atoms with E-state index in [1.807, 2.05) is 0 Å². The van der Waals surface area contributed by atoms with Gasteiger partial charge in [-0.25, -0.2) is 19.1 Å². The van der Waals surface area contributed by atoms with E-state index in [1.54, 1.807) is 0 Å². The van der Waals surface area contributed by atoms with Gasteiger partial charge in [-0.1, -0.05) is 0 Å². The van der Waals surface area contributed by atoms with E-state index in [-0.39, 0.29) is 17.0 Å². The maximum absolute atomic E-state index is 11.5. The van der Waals surface area contributed by atoms with E-state index in [0.717, 1.165) is 6.07 Å². The number of aromatic nitrogens is 3. The molecular weight excluding hydrogens is 294 g/mol. The van der Waals surface area contributed by atoms with Crippen LogP contribution in [0.5, 0.6) is 0 Å². The number of esters is 1. The third-order valence-electron chi connectivity index (χ3n) is 2.04. The minimum atomic E-state index is -1.23. The Morgan fingerprint density at radius 1 is 1.53 bits per heavy atom. The first-order valence-corrected chi connectivity index (χ1v) is 5.19. The zero-order valence-corrected chi connectivity index (χ0v) is 10.1. The Morgan fingerprint density at radius 3 is 2.82 bits per heavy atom. The molecule has 1 N–H and O–H groups in total. The van der Waals surface area contributed by atoms with Crippen LogP contribution in [0.1, 0.15) is 21.0 Å². The maximum Gasteiger partial charge on any atom is 0.356 e. The van der Waals surface area contributed by atoms with Gasteiger partial charge in [0.1, 0.15) is 0 Å². The van der Waals surface area contributed by atoms with Crippen LogP contribution in [0.2, 0.25) is 0 Å². The summed E-state index contributed by atoms with van der Waals surface area (Å²) in [6.45, 7) is 0. The van der Waals surface area contributed by atoms with Crippen molar-refractivity contribution in [1.82, 2.24) is 14.6 Å². The molecule has 0 aliphatic rings. The van der Waals surface area contributed by atoms with Gasteiger partial charge in [-0.3, -0.25) is 0 Å². The van der Waals surface area contributed by atoms with Crippen molar-refractivity contribution in [2.75, 3.05) is 7.11 Å². The van der Waals surface area contributed by atoms with Crippen LogP contribution in [-0.4, -0.2) is 38.8 Å². The first-order valence-electron chi connectivity index (χ1n) is 4.40.